The van der Waals surface area contributed by atoms with Crippen molar-refractivity contribution in [1.82, 2.24) is 10.3 Å². The number of ether oxygens (including phenoxy) is 1. The van der Waals surface area contributed by atoms with E-state index < -0.39 is 18.5 Å². The first-order valence-corrected chi connectivity index (χ1v) is 9.68. The number of benzene rings is 1. The van der Waals surface area contributed by atoms with Crippen molar-refractivity contribution in [3.05, 3.63) is 53.7 Å². The second-order valence-electron chi connectivity index (χ2n) is 7.27. The van der Waals surface area contributed by atoms with Crippen LogP contribution in [0.4, 0.5) is 11.5 Å². The largest absolute Gasteiger partial charge is 0.452 e. The number of hydrogen-bond acceptors (Lipinski definition) is 6. The predicted molar refractivity (Wildman–Crippen MR) is 107 cm³/mol. The van der Waals surface area contributed by atoms with E-state index in [1.54, 1.807) is 36.4 Å². The molecule has 0 saturated heterocycles. The van der Waals surface area contributed by atoms with Gasteiger partial charge in [-0.15, -0.1) is 0 Å². The summed E-state index contributed by atoms with van der Waals surface area (Å²) in [7, 11) is 0. The maximum atomic E-state index is 12.3. The summed E-state index contributed by atoms with van der Waals surface area (Å²) in [6.45, 7) is -0.459. The van der Waals surface area contributed by atoms with Crippen molar-refractivity contribution in [3.63, 3.8) is 0 Å². The van der Waals surface area contributed by atoms with Crippen LogP contribution in [0.3, 0.4) is 0 Å². The molecule has 4 rings (SSSR count). The Morgan fingerprint density at radius 3 is 2.45 bits per heavy atom. The van der Waals surface area contributed by atoms with Crippen LogP contribution in [-0.4, -0.2) is 41.5 Å². The number of para-hydroxylation sites is 1. The first-order chi connectivity index (χ1) is 14.1. The SMILES string of the molecule is O=C(COC(=O)c1ccc(NC2CC2)nc1)Nc1ccccc1C(=O)NC1CC1. The minimum absolute atomic E-state index is 0.215. The molecule has 2 aliphatic rings. The average molecular weight is 394 g/mol. The highest BCUT2D eigenvalue weighted by molar-refractivity contribution is 6.04. The number of nitrogens with one attached hydrogen (secondary N) is 3. The summed E-state index contributed by atoms with van der Waals surface area (Å²) >= 11 is 0. The van der Waals surface area contributed by atoms with E-state index in [4.69, 9.17) is 4.74 Å². The Kier molecular flexibility index (Phi) is 5.41. The second-order valence-corrected chi connectivity index (χ2v) is 7.27. The highest BCUT2D eigenvalue weighted by atomic mass is 16.5. The maximum absolute atomic E-state index is 12.3. The van der Waals surface area contributed by atoms with Gasteiger partial charge in [0.15, 0.2) is 6.61 Å². The summed E-state index contributed by atoms with van der Waals surface area (Å²) in [6.07, 6.45) is 5.63. The van der Waals surface area contributed by atoms with Crippen molar-refractivity contribution in [2.75, 3.05) is 17.2 Å². The topological polar surface area (TPSA) is 109 Å². The van der Waals surface area contributed by atoms with Gasteiger partial charge in [0.25, 0.3) is 11.8 Å². The van der Waals surface area contributed by atoms with Crippen molar-refractivity contribution in [2.45, 2.75) is 37.8 Å². The zero-order valence-electron chi connectivity index (χ0n) is 15.8. The summed E-state index contributed by atoms with van der Waals surface area (Å²) in [5.74, 6) is -0.676. The third-order valence-corrected chi connectivity index (χ3v) is 4.62. The van der Waals surface area contributed by atoms with E-state index in [0.717, 1.165) is 25.7 Å². The molecule has 0 spiro atoms. The number of amides is 2. The number of rotatable bonds is 8. The van der Waals surface area contributed by atoms with E-state index in [2.05, 4.69) is 20.9 Å². The molecule has 1 heterocycles. The second kappa shape index (κ2) is 8.30. The zero-order valence-corrected chi connectivity index (χ0v) is 15.8. The van der Waals surface area contributed by atoms with Gasteiger partial charge in [0, 0.05) is 18.3 Å². The van der Waals surface area contributed by atoms with Gasteiger partial charge in [-0.1, -0.05) is 12.1 Å². The summed E-state index contributed by atoms with van der Waals surface area (Å²) in [5, 5.41) is 8.74. The number of esters is 1. The van der Waals surface area contributed by atoms with Crippen LogP contribution in [0, 0.1) is 0 Å². The van der Waals surface area contributed by atoms with Crippen molar-refractivity contribution in [2.24, 2.45) is 0 Å². The van der Waals surface area contributed by atoms with E-state index in [1.807, 2.05) is 0 Å². The highest BCUT2D eigenvalue weighted by Gasteiger charge is 2.25. The van der Waals surface area contributed by atoms with Crippen LogP contribution in [0.2, 0.25) is 0 Å². The number of pyridine rings is 1. The number of carbonyl (C=O) groups excluding carboxylic acids is 3. The molecule has 8 nitrogen and oxygen atoms in total. The molecule has 29 heavy (non-hydrogen) atoms. The van der Waals surface area contributed by atoms with Crippen LogP contribution in [-0.2, 0) is 9.53 Å². The molecule has 150 valence electrons. The zero-order chi connectivity index (χ0) is 20.2. The van der Waals surface area contributed by atoms with E-state index >= 15 is 0 Å². The lowest BCUT2D eigenvalue weighted by Crippen LogP contribution is -2.28. The quantitative estimate of drug-likeness (QED) is 0.593. The van der Waals surface area contributed by atoms with E-state index in [9.17, 15) is 14.4 Å². The van der Waals surface area contributed by atoms with Crippen LogP contribution < -0.4 is 16.0 Å². The number of hydrogen-bond donors (Lipinski definition) is 3. The molecule has 1 aromatic carbocycles. The lowest BCUT2D eigenvalue weighted by molar-refractivity contribution is -0.119. The first kappa shape index (κ1) is 18.9. The third kappa shape index (κ3) is 5.31. The van der Waals surface area contributed by atoms with Crippen LogP contribution in [0.25, 0.3) is 0 Å². The lowest BCUT2D eigenvalue weighted by atomic mass is 10.1. The summed E-state index contributed by atoms with van der Waals surface area (Å²) in [4.78, 5) is 40.8. The molecule has 3 N–H and O–H groups in total. The smallest absolute Gasteiger partial charge is 0.340 e. The Hall–Kier alpha value is -3.42. The minimum Gasteiger partial charge on any atom is -0.452 e. The molecule has 1 aromatic heterocycles. The molecule has 0 unspecified atom stereocenters. The molecule has 0 radical (unpaired) electrons. The molecule has 2 aromatic rings. The molecule has 2 saturated carbocycles. The minimum atomic E-state index is -0.634. The molecule has 0 atom stereocenters. The van der Waals surface area contributed by atoms with Gasteiger partial charge >= 0.3 is 5.97 Å². The summed E-state index contributed by atoms with van der Waals surface area (Å²) in [5.41, 5.74) is 1.02. The van der Waals surface area contributed by atoms with E-state index in [-0.39, 0.29) is 17.5 Å². The number of carbonyl (C=O) groups is 3. The normalized spacial score (nSPS) is 15.3. The predicted octanol–water partition coefficient (Wildman–Crippen LogP) is 2.34. The molecule has 8 heteroatoms. The van der Waals surface area contributed by atoms with E-state index in [1.165, 1.54) is 6.20 Å². The summed E-state index contributed by atoms with van der Waals surface area (Å²) in [6, 6.07) is 10.7. The fourth-order valence-corrected chi connectivity index (χ4v) is 2.72. The lowest BCUT2D eigenvalue weighted by Gasteiger charge is -2.11. The van der Waals surface area contributed by atoms with Gasteiger partial charge < -0.3 is 20.7 Å². The maximum Gasteiger partial charge on any atom is 0.340 e. The van der Waals surface area contributed by atoms with Crippen LogP contribution in [0.5, 0.6) is 0 Å². The van der Waals surface area contributed by atoms with Crippen molar-refractivity contribution < 1.29 is 19.1 Å². The Balaban J connectivity index is 1.29. The van der Waals surface area contributed by atoms with E-state index in [0.29, 0.717) is 23.1 Å². The number of aromatic nitrogens is 1. The monoisotopic (exact) mass is 394 g/mol. The van der Waals surface area contributed by atoms with Gasteiger partial charge in [0.2, 0.25) is 0 Å². The average Bonchev–Trinajstić information content (AvgIpc) is 3.64. The molecule has 0 aliphatic heterocycles. The highest BCUT2D eigenvalue weighted by Crippen LogP contribution is 2.24. The van der Waals surface area contributed by atoms with Crippen LogP contribution >= 0.6 is 0 Å². The Bertz CT molecular complexity index is 921. The van der Waals surface area contributed by atoms with Crippen LogP contribution in [0.15, 0.2) is 42.6 Å². The molecule has 2 amide bonds. The first-order valence-electron chi connectivity index (χ1n) is 9.68. The van der Waals surface area contributed by atoms with Crippen molar-refractivity contribution in [3.8, 4) is 0 Å². The van der Waals surface area contributed by atoms with Gasteiger partial charge in [-0.25, -0.2) is 9.78 Å². The number of anilines is 2. The van der Waals surface area contributed by atoms with Gasteiger partial charge in [-0.2, -0.15) is 0 Å². The summed E-state index contributed by atoms with van der Waals surface area (Å²) < 4.78 is 5.06. The Labute approximate surface area is 168 Å². The van der Waals surface area contributed by atoms with Gasteiger partial charge in [-0.05, 0) is 49.9 Å². The standard InChI is InChI=1S/C21H22N4O4/c26-19(25-17-4-2-1-3-16(17)20(27)24-15-8-9-15)12-29-21(28)13-5-10-18(22-11-13)23-14-6-7-14/h1-5,10-11,14-15H,6-9,12H2,(H,22,23)(H,24,27)(H,25,26). The molecule has 0 bridgehead atoms. The molecule has 2 fully saturated rings. The van der Waals surface area contributed by atoms with Crippen LogP contribution in [0.1, 0.15) is 46.4 Å². The molecular formula is C21H22N4O4. The van der Waals surface area contributed by atoms with Crippen molar-refractivity contribution in [1.29, 1.82) is 0 Å². The van der Waals surface area contributed by atoms with Gasteiger partial charge in [-0.3, -0.25) is 9.59 Å². The fraction of sp³-hybridized carbons (Fsp3) is 0.333. The van der Waals surface area contributed by atoms with Gasteiger partial charge in [0.05, 0.1) is 16.8 Å². The molecule has 2 aliphatic carbocycles. The molecular weight excluding hydrogens is 372 g/mol. The van der Waals surface area contributed by atoms with Gasteiger partial charge in [0.1, 0.15) is 5.82 Å². The fourth-order valence-electron chi connectivity index (χ4n) is 2.72. The Morgan fingerprint density at radius 2 is 1.76 bits per heavy atom. The third-order valence-electron chi connectivity index (χ3n) is 4.62. The Morgan fingerprint density at radius 1 is 1.00 bits per heavy atom. The number of nitrogens with zero attached hydrogens (tertiary/aromatic N) is 1. The van der Waals surface area contributed by atoms with Crippen molar-refractivity contribution >= 4 is 29.3 Å².